The molecule has 2 N–H and O–H groups in total. The van der Waals surface area contributed by atoms with Crippen molar-refractivity contribution in [1.29, 1.82) is 0 Å². The van der Waals surface area contributed by atoms with Crippen LogP contribution in [0, 0.1) is 5.82 Å². The van der Waals surface area contributed by atoms with Crippen molar-refractivity contribution in [2.45, 2.75) is 26.3 Å². The van der Waals surface area contributed by atoms with E-state index in [1.807, 2.05) is 6.92 Å². The molecule has 3 amide bonds. The number of benzene rings is 2. The quantitative estimate of drug-likeness (QED) is 0.436. The fraction of sp³-hybridized carbons (Fsp3) is 0.174. The minimum atomic E-state index is -0.629. The van der Waals surface area contributed by atoms with Crippen molar-refractivity contribution in [2.75, 3.05) is 0 Å². The predicted octanol–water partition coefficient (Wildman–Crippen LogP) is 4.00. The zero-order chi connectivity index (χ0) is 22.8. The van der Waals surface area contributed by atoms with Gasteiger partial charge in [-0.15, -0.1) is 0 Å². The molecular weight excluding hydrogens is 435 g/mol. The Morgan fingerprint density at radius 2 is 1.84 bits per heavy atom. The maximum atomic E-state index is 13.5. The van der Waals surface area contributed by atoms with Crippen LogP contribution in [-0.4, -0.2) is 26.6 Å². The fourth-order valence-electron chi connectivity index (χ4n) is 3.53. The third-order valence-corrected chi connectivity index (χ3v) is 5.32. The molecule has 0 aliphatic carbocycles. The van der Waals surface area contributed by atoms with Gasteiger partial charge in [-0.2, -0.15) is 0 Å². The summed E-state index contributed by atoms with van der Waals surface area (Å²) in [6.45, 7) is 1.89. The lowest BCUT2D eigenvalue weighted by Crippen LogP contribution is -2.30. The summed E-state index contributed by atoms with van der Waals surface area (Å²) in [5.74, 6) is -1.04. The molecule has 0 unspecified atom stereocenters. The summed E-state index contributed by atoms with van der Waals surface area (Å²) < 4.78 is 14.8. The number of carbonyl (C=O) groups excluding carboxylic acids is 2. The number of nitrogens with one attached hydrogen (secondary N) is 2. The Morgan fingerprint density at radius 3 is 2.53 bits per heavy atom. The molecule has 2 aromatic carbocycles. The van der Waals surface area contributed by atoms with E-state index in [4.69, 9.17) is 11.6 Å². The summed E-state index contributed by atoms with van der Waals surface area (Å²) in [7, 11) is 0. The number of hydrogen-bond donors (Lipinski definition) is 2. The highest BCUT2D eigenvalue weighted by Crippen LogP contribution is 2.19. The first-order valence-corrected chi connectivity index (χ1v) is 10.4. The van der Waals surface area contributed by atoms with Gasteiger partial charge in [0.15, 0.2) is 0 Å². The second-order valence-electron chi connectivity index (χ2n) is 7.38. The Hall–Kier alpha value is -3.65. The first kappa shape index (κ1) is 21.6. The number of nitrogens with zero attached hydrogens (tertiary/aromatic N) is 2. The number of aromatic nitrogens is 2. The van der Waals surface area contributed by atoms with Crippen molar-refractivity contribution >= 4 is 29.6 Å². The van der Waals surface area contributed by atoms with E-state index in [1.54, 1.807) is 30.3 Å². The molecule has 1 fully saturated rings. The molecular formula is C23H20ClFN4O3. The predicted molar refractivity (Wildman–Crippen MR) is 119 cm³/mol. The number of H-pyrrole nitrogens is 1. The molecule has 9 heteroatoms. The van der Waals surface area contributed by atoms with Crippen LogP contribution in [-0.2, 0) is 17.8 Å². The van der Waals surface area contributed by atoms with E-state index >= 15 is 0 Å². The molecule has 0 bridgehead atoms. The number of rotatable bonds is 6. The first-order valence-electron chi connectivity index (χ1n) is 10.1. The molecule has 1 aliphatic rings. The van der Waals surface area contributed by atoms with Gasteiger partial charge in [-0.25, -0.2) is 13.9 Å². The molecule has 4 rings (SSSR count). The monoisotopic (exact) mass is 454 g/mol. The lowest BCUT2D eigenvalue weighted by molar-refractivity contribution is -0.123. The number of aromatic amines is 1. The van der Waals surface area contributed by atoms with Gasteiger partial charge in [0.25, 0.3) is 11.5 Å². The Labute approximate surface area is 188 Å². The van der Waals surface area contributed by atoms with E-state index in [1.165, 1.54) is 29.0 Å². The lowest BCUT2D eigenvalue weighted by atomic mass is 10.1. The van der Waals surface area contributed by atoms with Gasteiger partial charge in [0.05, 0.1) is 17.8 Å². The average molecular weight is 455 g/mol. The zero-order valence-electron chi connectivity index (χ0n) is 17.2. The number of carbonyl (C=O) groups is 2. The topological polar surface area (TPSA) is 87.2 Å². The van der Waals surface area contributed by atoms with E-state index in [-0.39, 0.29) is 23.4 Å². The van der Waals surface area contributed by atoms with Gasteiger partial charge in [-0.1, -0.05) is 37.1 Å². The Balaban J connectivity index is 1.68. The summed E-state index contributed by atoms with van der Waals surface area (Å²) in [6, 6.07) is 11.8. The van der Waals surface area contributed by atoms with Crippen LogP contribution < -0.4 is 10.9 Å². The van der Waals surface area contributed by atoms with Crippen LogP contribution in [0.25, 0.3) is 11.8 Å². The standard InChI is InChI=1S/C23H20ClFN4O3/c1-2-4-19-18(21(30)29(27-19)17-9-7-15(24)8-10-17)12-20-22(31)28(23(32)26-20)13-14-5-3-6-16(25)11-14/h3,5-12,27H,2,4,13H2,1H3,(H,26,32). The molecule has 1 aromatic heterocycles. The zero-order valence-corrected chi connectivity index (χ0v) is 17.9. The van der Waals surface area contributed by atoms with Gasteiger partial charge in [-0.05, 0) is 54.5 Å². The highest BCUT2D eigenvalue weighted by molar-refractivity contribution is 6.30. The van der Waals surface area contributed by atoms with Crippen molar-refractivity contribution in [3.8, 4) is 5.69 Å². The Kier molecular flexibility index (Phi) is 5.96. The summed E-state index contributed by atoms with van der Waals surface area (Å²) >= 11 is 5.94. The molecule has 7 nitrogen and oxygen atoms in total. The Bertz CT molecular complexity index is 1280. The van der Waals surface area contributed by atoms with Crippen LogP contribution in [0.4, 0.5) is 9.18 Å². The van der Waals surface area contributed by atoms with Crippen molar-refractivity contribution in [3.63, 3.8) is 0 Å². The van der Waals surface area contributed by atoms with E-state index in [2.05, 4.69) is 10.4 Å². The molecule has 0 atom stereocenters. The summed E-state index contributed by atoms with van der Waals surface area (Å²) in [6.07, 6.45) is 2.73. The summed E-state index contributed by atoms with van der Waals surface area (Å²) in [5, 5.41) is 6.14. The molecule has 2 heterocycles. The maximum absolute atomic E-state index is 13.5. The minimum Gasteiger partial charge on any atom is -0.303 e. The molecule has 32 heavy (non-hydrogen) atoms. The lowest BCUT2D eigenvalue weighted by Gasteiger charge is -2.11. The van der Waals surface area contributed by atoms with Crippen LogP contribution in [0.15, 0.2) is 59.0 Å². The van der Waals surface area contributed by atoms with Crippen molar-refractivity contribution < 1.29 is 14.0 Å². The highest BCUT2D eigenvalue weighted by Gasteiger charge is 2.34. The first-order chi connectivity index (χ1) is 15.4. The highest BCUT2D eigenvalue weighted by atomic mass is 35.5. The van der Waals surface area contributed by atoms with Crippen molar-refractivity contribution in [1.82, 2.24) is 20.0 Å². The molecule has 1 saturated heterocycles. The average Bonchev–Trinajstić information content (AvgIpc) is 3.20. The third kappa shape index (κ3) is 4.22. The number of imide groups is 1. The fourth-order valence-corrected chi connectivity index (χ4v) is 3.66. The van der Waals surface area contributed by atoms with Gasteiger partial charge >= 0.3 is 6.03 Å². The van der Waals surface area contributed by atoms with Crippen LogP contribution in [0.2, 0.25) is 5.02 Å². The van der Waals surface area contributed by atoms with E-state index in [0.29, 0.717) is 28.4 Å². The van der Waals surface area contributed by atoms with E-state index in [9.17, 15) is 18.8 Å². The van der Waals surface area contributed by atoms with E-state index in [0.717, 1.165) is 11.3 Å². The Morgan fingerprint density at radius 1 is 1.09 bits per heavy atom. The van der Waals surface area contributed by atoms with Gasteiger partial charge in [0, 0.05) is 10.7 Å². The van der Waals surface area contributed by atoms with Gasteiger partial charge in [0.1, 0.15) is 11.5 Å². The van der Waals surface area contributed by atoms with Gasteiger partial charge in [0.2, 0.25) is 0 Å². The SMILES string of the molecule is CCCc1[nH]n(-c2ccc(Cl)cc2)c(=O)c1C=C1NC(=O)N(Cc2cccc(F)c2)C1=O. The largest absolute Gasteiger partial charge is 0.329 e. The number of urea groups is 1. The normalized spacial score (nSPS) is 15.0. The third-order valence-electron chi connectivity index (χ3n) is 5.07. The second kappa shape index (κ2) is 8.84. The molecule has 164 valence electrons. The van der Waals surface area contributed by atoms with Gasteiger partial charge in [-0.3, -0.25) is 19.6 Å². The number of amides is 3. The number of aryl methyl sites for hydroxylation is 1. The molecule has 3 aromatic rings. The van der Waals surface area contributed by atoms with E-state index < -0.39 is 17.8 Å². The van der Waals surface area contributed by atoms with Crippen LogP contribution in [0.5, 0.6) is 0 Å². The van der Waals surface area contributed by atoms with Crippen LogP contribution in [0.3, 0.4) is 0 Å². The van der Waals surface area contributed by atoms with Crippen molar-refractivity contribution in [3.05, 3.63) is 92.2 Å². The summed E-state index contributed by atoms with van der Waals surface area (Å²) in [4.78, 5) is 39.3. The molecule has 0 radical (unpaired) electrons. The smallest absolute Gasteiger partial charge is 0.303 e. The number of hydrogen-bond acceptors (Lipinski definition) is 3. The number of halogens is 2. The van der Waals surface area contributed by atoms with Crippen LogP contribution in [0.1, 0.15) is 30.2 Å². The second-order valence-corrected chi connectivity index (χ2v) is 7.82. The molecule has 1 aliphatic heterocycles. The maximum Gasteiger partial charge on any atom is 0.329 e. The summed E-state index contributed by atoms with van der Waals surface area (Å²) in [5.41, 5.74) is 1.64. The minimum absolute atomic E-state index is 0.0110. The molecule has 0 saturated carbocycles. The molecule has 0 spiro atoms. The van der Waals surface area contributed by atoms with Crippen LogP contribution >= 0.6 is 11.6 Å². The van der Waals surface area contributed by atoms with Crippen molar-refractivity contribution in [2.24, 2.45) is 0 Å². The van der Waals surface area contributed by atoms with Gasteiger partial charge < -0.3 is 5.32 Å².